The van der Waals surface area contributed by atoms with E-state index in [1.807, 2.05) is 0 Å². The zero-order chi connectivity index (χ0) is 25.2. The van der Waals surface area contributed by atoms with Crippen LogP contribution >= 0.6 is 12.4 Å². The van der Waals surface area contributed by atoms with Crippen LogP contribution in [0.2, 0.25) is 0 Å². The van der Waals surface area contributed by atoms with Crippen LogP contribution in [0.5, 0.6) is 0 Å². The van der Waals surface area contributed by atoms with Crippen LogP contribution in [0.4, 0.5) is 32.2 Å². The van der Waals surface area contributed by atoms with Crippen LogP contribution in [0.1, 0.15) is 31.1 Å². The number of carbonyl (C=O) groups excluding carboxylic acids is 1. The zero-order valence-corrected chi connectivity index (χ0v) is 18.9. The Morgan fingerprint density at radius 1 is 1.17 bits per heavy atom. The zero-order valence-electron chi connectivity index (χ0n) is 18.0. The Kier molecular flexibility index (Phi) is 10.3. The number of carbonyl (C=O) groups is 1. The van der Waals surface area contributed by atoms with Crippen LogP contribution in [-0.4, -0.2) is 40.8 Å². The fraction of sp³-hybridized carbons (Fsp3) is 0.318. The SMILES string of the molecule is C.CC[C@H](NC(=O)c1cn(-c2c(F)cc(F)cc2F)c2nc(NCCN)ccc2c1=O)C(F)(F)F.Cl. The maximum absolute atomic E-state index is 14.6. The Bertz CT molecular complexity index is 1280. The lowest BCUT2D eigenvalue weighted by Crippen LogP contribution is -2.46. The summed E-state index contributed by atoms with van der Waals surface area (Å²) in [6.45, 7) is 1.66. The standard InChI is InChI=1S/C21H19F6N5O2.CH4.ClH/c1-2-15(21(25,26)27)30-20(34)12-9-32(17-13(23)7-10(22)8-14(17)24)19-11(18(12)33)3-4-16(31-19)29-6-5-28;;/h3-4,7-9,15H,2,5-6,28H2,1H3,(H,29,31)(H,30,34);1H4;1H/t15-;;/m0../s1. The molecule has 1 atom stereocenters. The molecule has 0 spiro atoms. The molecular formula is C22H24ClF6N5O2. The fourth-order valence-electron chi connectivity index (χ4n) is 3.25. The van der Waals surface area contributed by atoms with Crippen LogP contribution in [0.25, 0.3) is 16.7 Å². The van der Waals surface area contributed by atoms with E-state index in [9.17, 15) is 35.9 Å². The van der Waals surface area contributed by atoms with Gasteiger partial charge in [0.1, 0.15) is 28.9 Å². The van der Waals surface area contributed by atoms with Gasteiger partial charge in [0, 0.05) is 31.4 Å². The number of hydrogen-bond acceptors (Lipinski definition) is 5. The Labute approximate surface area is 208 Å². The van der Waals surface area contributed by atoms with E-state index in [0.29, 0.717) is 22.9 Å². The maximum Gasteiger partial charge on any atom is 0.408 e. The minimum absolute atomic E-state index is 0. The van der Waals surface area contributed by atoms with Crippen LogP contribution in [0, 0.1) is 17.5 Å². The summed E-state index contributed by atoms with van der Waals surface area (Å²) in [4.78, 5) is 29.7. The van der Waals surface area contributed by atoms with Crippen LogP contribution in [-0.2, 0) is 0 Å². The Morgan fingerprint density at radius 2 is 1.78 bits per heavy atom. The predicted octanol–water partition coefficient (Wildman–Crippen LogP) is 4.30. The summed E-state index contributed by atoms with van der Waals surface area (Å²) >= 11 is 0. The minimum Gasteiger partial charge on any atom is -0.369 e. The van der Waals surface area contributed by atoms with Crippen molar-refractivity contribution in [1.29, 1.82) is 0 Å². The summed E-state index contributed by atoms with van der Waals surface area (Å²) < 4.78 is 82.7. The topological polar surface area (TPSA) is 102 Å². The van der Waals surface area contributed by atoms with Gasteiger partial charge >= 0.3 is 6.18 Å². The number of pyridine rings is 2. The number of hydrogen-bond donors (Lipinski definition) is 3. The summed E-state index contributed by atoms with van der Waals surface area (Å²) in [5, 5.41) is 4.21. The van der Waals surface area contributed by atoms with Gasteiger partial charge < -0.3 is 16.4 Å². The first kappa shape index (κ1) is 30.7. The van der Waals surface area contributed by atoms with E-state index in [0.717, 1.165) is 0 Å². The molecule has 4 N–H and O–H groups in total. The highest BCUT2D eigenvalue weighted by atomic mass is 35.5. The quantitative estimate of drug-likeness (QED) is 0.389. The normalized spacial score (nSPS) is 11.9. The first-order chi connectivity index (χ1) is 16.0. The smallest absolute Gasteiger partial charge is 0.369 e. The molecule has 3 aromatic rings. The molecule has 0 saturated carbocycles. The molecule has 0 bridgehead atoms. The molecule has 0 fully saturated rings. The molecule has 36 heavy (non-hydrogen) atoms. The van der Waals surface area contributed by atoms with Crippen molar-refractivity contribution in [1.82, 2.24) is 14.9 Å². The number of amides is 1. The second kappa shape index (κ2) is 12.1. The van der Waals surface area contributed by atoms with Gasteiger partial charge in [-0.25, -0.2) is 18.2 Å². The minimum atomic E-state index is -4.79. The molecule has 0 aliphatic rings. The van der Waals surface area contributed by atoms with Gasteiger partial charge in [-0.15, -0.1) is 12.4 Å². The van der Waals surface area contributed by atoms with Crippen molar-refractivity contribution in [3.05, 3.63) is 63.7 Å². The van der Waals surface area contributed by atoms with E-state index in [4.69, 9.17) is 5.73 Å². The van der Waals surface area contributed by atoms with Crippen LogP contribution in [0.3, 0.4) is 0 Å². The molecule has 14 heteroatoms. The Morgan fingerprint density at radius 3 is 2.31 bits per heavy atom. The molecule has 0 unspecified atom stereocenters. The van der Waals surface area contributed by atoms with Gasteiger partial charge in [0.25, 0.3) is 5.91 Å². The predicted molar refractivity (Wildman–Crippen MR) is 126 cm³/mol. The lowest BCUT2D eigenvalue weighted by molar-refractivity contribution is -0.153. The van der Waals surface area contributed by atoms with Crippen molar-refractivity contribution in [3.8, 4) is 5.69 Å². The van der Waals surface area contributed by atoms with Gasteiger partial charge in [-0.1, -0.05) is 14.4 Å². The summed E-state index contributed by atoms with van der Waals surface area (Å²) in [6, 6.07) is 0.999. The number of anilines is 1. The Hall–Kier alpha value is -3.32. The van der Waals surface area contributed by atoms with E-state index in [2.05, 4.69) is 10.3 Å². The highest BCUT2D eigenvalue weighted by molar-refractivity contribution is 5.97. The third-order valence-electron chi connectivity index (χ3n) is 4.88. The average Bonchev–Trinajstić information content (AvgIpc) is 2.75. The number of nitrogens with one attached hydrogen (secondary N) is 2. The van der Waals surface area contributed by atoms with E-state index in [1.54, 1.807) is 5.32 Å². The summed E-state index contributed by atoms with van der Waals surface area (Å²) in [6.07, 6.45) is -4.64. The molecule has 0 aliphatic carbocycles. The van der Waals surface area contributed by atoms with Gasteiger partial charge in [0.05, 0.1) is 5.39 Å². The van der Waals surface area contributed by atoms with Crippen molar-refractivity contribution >= 4 is 35.2 Å². The number of nitrogens with two attached hydrogens (primary N) is 1. The van der Waals surface area contributed by atoms with Crippen molar-refractivity contribution in [2.75, 3.05) is 18.4 Å². The number of nitrogens with zero attached hydrogens (tertiary/aromatic N) is 2. The second-order valence-electron chi connectivity index (χ2n) is 7.22. The van der Waals surface area contributed by atoms with Crippen molar-refractivity contribution in [3.63, 3.8) is 0 Å². The van der Waals surface area contributed by atoms with Crippen molar-refractivity contribution in [2.45, 2.75) is 33.0 Å². The third kappa shape index (κ3) is 6.26. The Balaban J connectivity index is 0.00000324. The first-order valence-corrected chi connectivity index (χ1v) is 10.0. The highest BCUT2D eigenvalue weighted by Crippen LogP contribution is 2.25. The molecule has 2 aromatic heterocycles. The molecular weight excluding hydrogens is 516 g/mol. The third-order valence-corrected chi connectivity index (χ3v) is 4.88. The van der Waals surface area contributed by atoms with Gasteiger partial charge in [-0.05, 0) is 18.6 Å². The first-order valence-electron chi connectivity index (χ1n) is 10.0. The number of aromatic nitrogens is 2. The number of halogens is 7. The molecule has 7 nitrogen and oxygen atoms in total. The maximum atomic E-state index is 14.6. The van der Waals surface area contributed by atoms with Gasteiger partial charge in [-0.3, -0.25) is 14.2 Å². The van der Waals surface area contributed by atoms with E-state index in [1.165, 1.54) is 19.1 Å². The highest BCUT2D eigenvalue weighted by Gasteiger charge is 2.39. The summed E-state index contributed by atoms with van der Waals surface area (Å²) in [5.41, 5.74) is 2.38. The molecule has 0 radical (unpaired) electrons. The average molecular weight is 540 g/mol. The molecule has 1 aromatic carbocycles. The van der Waals surface area contributed by atoms with Crippen LogP contribution < -0.4 is 21.8 Å². The number of rotatable bonds is 7. The monoisotopic (exact) mass is 539 g/mol. The summed E-state index contributed by atoms with van der Waals surface area (Å²) in [5.74, 6) is -5.25. The summed E-state index contributed by atoms with van der Waals surface area (Å²) in [7, 11) is 0. The van der Waals surface area contributed by atoms with Crippen LogP contribution in [0.15, 0.2) is 35.3 Å². The van der Waals surface area contributed by atoms with E-state index in [-0.39, 0.29) is 49.8 Å². The number of benzene rings is 1. The molecule has 2 heterocycles. The molecule has 0 aliphatic heterocycles. The van der Waals surface area contributed by atoms with E-state index >= 15 is 0 Å². The van der Waals surface area contributed by atoms with Gasteiger partial charge in [0.15, 0.2) is 17.3 Å². The lowest BCUT2D eigenvalue weighted by atomic mass is 10.1. The molecule has 3 rings (SSSR count). The number of fused-ring (bicyclic) bond motifs is 1. The number of alkyl halides is 3. The van der Waals surface area contributed by atoms with Gasteiger partial charge in [0.2, 0.25) is 5.43 Å². The molecule has 0 saturated heterocycles. The van der Waals surface area contributed by atoms with E-state index < -0.39 is 58.7 Å². The van der Waals surface area contributed by atoms with Crippen molar-refractivity contribution in [2.24, 2.45) is 5.73 Å². The largest absolute Gasteiger partial charge is 0.408 e. The molecule has 1 amide bonds. The fourth-order valence-corrected chi connectivity index (χ4v) is 3.25. The van der Waals surface area contributed by atoms with Gasteiger partial charge in [-0.2, -0.15) is 13.2 Å². The molecule has 198 valence electrons. The lowest BCUT2D eigenvalue weighted by Gasteiger charge is -2.20. The second-order valence-corrected chi connectivity index (χ2v) is 7.22. The van der Waals surface area contributed by atoms with Crippen molar-refractivity contribution < 1.29 is 31.1 Å².